The lowest BCUT2D eigenvalue weighted by Crippen LogP contribution is -2.37. The van der Waals surface area contributed by atoms with Crippen molar-refractivity contribution in [3.63, 3.8) is 0 Å². The molecule has 8 heteroatoms. The summed E-state index contributed by atoms with van der Waals surface area (Å²) in [5.74, 6) is 0.929. The molecule has 1 aliphatic rings. The summed E-state index contributed by atoms with van der Waals surface area (Å²) < 4.78 is 0. The molecule has 2 aromatic carbocycles. The Bertz CT molecular complexity index is 944. The highest BCUT2D eigenvalue weighted by atomic mass is 127. The molecule has 0 saturated carbocycles. The summed E-state index contributed by atoms with van der Waals surface area (Å²) in [4.78, 5) is 31.7. The molecular weight excluding hydrogens is 517 g/mol. The highest BCUT2D eigenvalue weighted by Gasteiger charge is 2.21. The van der Waals surface area contributed by atoms with E-state index in [2.05, 4.69) is 15.6 Å². The predicted molar refractivity (Wildman–Crippen MR) is 140 cm³/mol. The van der Waals surface area contributed by atoms with Crippen LogP contribution in [-0.2, 0) is 17.8 Å². The van der Waals surface area contributed by atoms with Gasteiger partial charge in [-0.2, -0.15) is 0 Å². The van der Waals surface area contributed by atoms with Crippen LogP contribution in [0.25, 0.3) is 0 Å². The van der Waals surface area contributed by atoms with Gasteiger partial charge in [-0.3, -0.25) is 14.6 Å². The van der Waals surface area contributed by atoms with Crippen molar-refractivity contribution in [3.05, 3.63) is 65.2 Å². The second kappa shape index (κ2) is 12.4. The number of amides is 2. The molecule has 1 heterocycles. The quantitative estimate of drug-likeness (QED) is 0.317. The van der Waals surface area contributed by atoms with Gasteiger partial charge in [-0.15, -0.1) is 24.0 Å². The Morgan fingerprint density at radius 3 is 2.47 bits per heavy atom. The molecule has 172 valence electrons. The van der Waals surface area contributed by atoms with Crippen molar-refractivity contribution in [2.24, 2.45) is 4.99 Å². The number of nitrogens with zero attached hydrogens (tertiary/aromatic N) is 3. The molecule has 2 amide bonds. The molecule has 0 spiro atoms. The number of rotatable bonds is 7. The van der Waals surface area contributed by atoms with E-state index in [1.165, 1.54) is 0 Å². The van der Waals surface area contributed by atoms with Crippen molar-refractivity contribution < 1.29 is 9.59 Å². The number of carbonyl (C=O) groups excluding carboxylic acids is 2. The van der Waals surface area contributed by atoms with E-state index in [-0.39, 0.29) is 35.8 Å². The monoisotopic (exact) mass is 549 g/mol. The maximum atomic E-state index is 12.1. The van der Waals surface area contributed by atoms with Crippen molar-refractivity contribution in [3.8, 4) is 0 Å². The Morgan fingerprint density at radius 1 is 1.09 bits per heavy atom. The minimum Gasteiger partial charge on any atom is -0.356 e. The van der Waals surface area contributed by atoms with E-state index in [1.807, 2.05) is 53.4 Å². The summed E-state index contributed by atoms with van der Waals surface area (Å²) in [6, 6.07) is 15.8. The number of guanidine groups is 1. The SMILES string of the molecule is CN=C(NCCc1cccc(C(=O)N(C)C)c1)NCc1ccc(N2CCCC2=O)cc1.I. The summed E-state index contributed by atoms with van der Waals surface area (Å²) in [7, 11) is 5.26. The van der Waals surface area contributed by atoms with Crippen LogP contribution in [0.1, 0.15) is 34.3 Å². The van der Waals surface area contributed by atoms with Crippen LogP contribution in [0.4, 0.5) is 5.69 Å². The van der Waals surface area contributed by atoms with Crippen LogP contribution < -0.4 is 15.5 Å². The minimum atomic E-state index is 0. The zero-order valence-corrected chi connectivity index (χ0v) is 21.3. The average molecular weight is 549 g/mol. The molecule has 3 rings (SSSR count). The average Bonchev–Trinajstić information content (AvgIpc) is 3.22. The molecule has 0 radical (unpaired) electrons. The van der Waals surface area contributed by atoms with Crippen molar-refractivity contribution in [2.75, 3.05) is 39.1 Å². The van der Waals surface area contributed by atoms with Crippen molar-refractivity contribution in [1.29, 1.82) is 0 Å². The molecule has 0 aromatic heterocycles. The standard InChI is InChI=1S/C24H31N5O2.HI/c1-25-24(26-14-13-18-6-4-7-20(16-18)23(31)28(2)3)27-17-19-9-11-21(12-10-19)29-15-5-8-22(29)30;/h4,6-7,9-12,16H,5,8,13-15,17H2,1-3H3,(H2,25,26,27);1H. The Balaban J connectivity index is 0.00000363. The molecule has 2 N–H and O–H groups in total. The highest BCUT2D eigenvalue weighted by molar-refractivity contribution is 14.0. The summed E-state index contributed by atoms with van der Waals surface area (Å²) >= 11 is 0. The smallest absolute Gasteiger partial charge is 0.253 e. The van der Waals surface area contributed by atoms with E-state index < -0.39 is 0 Å². The topological polar surface area (TPSA) is 77.0 Å². The third-order valence-corrected chi connectivity index (χ3v) is 5.29. The van der Waals surface area contributed by atoms with Gasteiger partial charge in [0.25, 0.3) is 5.91 Å². The molecule has 0 atom stereocenters. The molecule has 2 aromatic rings. The Morgan fingerprint density at radius 2 is 1.84 bits per heavy atom. The summed E-state index contributed by atoms with van der Waals surface area (Å²) in [5.41, 5.74) is 3.88. The van der Waals surface area contributed by atoms with Gasteiger partial charge in [0.05, 0.1) is 0 Å². The first kappa shape index (κ1) is 25.6. The molecular formula is C24H32IN5O2. The van der Waals surface area contributed by atoms with Crippen molar-refractivity contribution in [1.82, 2.24) is 15.5 Å². The normalized spacial score (nSPS) is 13.5. The third kappa shape index (κ3) is 6.94. The van der Waals surface area contributed by atoms with Crippen LogP contribution in [0.15, 0.2) is 53.5 Å². The number of anilines is 1. The molecule has 0 aliphatic carbocycles. The number of halogens is 1. The van der Waals surface area contributed by atoms with Crippen molar-refractivity contribution in [2.45, 2.75) is 25.8 Å². The first-order valence-corrected chi connectivity index (χ1v) is 10.6. The summed E-state index contributed by atoms with van der Waals surface area (Å²) in [5, 5.41) is 6.62. The Hall–Kier alpha value is -2.62. The third-order valence-electron chi connectivity index (χ3n) is 5.29. The van der Waals surface area contributed by atoms with Gasteiger partial charge in [0.1, 0.15) is 0 Å². The van der Waals surface area contributed by atoms with E-state index in [0.29, 0.717) is 25.1 Å². The Labute approximate surface area is 207 Å². The van der Waals surface area contributed by atoms with Crippen LogP contribution in [0.5, 0.6) is 0 Å². The number of carbonyl (C=O) groups is 2. The first-order chi connectivity index (χ1) is 15.0. The first-order valence-electron chi connectivity index (χ1n) is 10.6. The molecule has 0 unspecified atom stereocenters. The predicted octanol–water partition coefficient (Wildman–Crippen LogP) is 3.04. The van der Waals surface area contributed by atoms with Gasteiger partial charge in [0.15, 0.2) is 5.96 Å². The fourth-order valence-electron chi connectivity index (χ4n) is 3.56. The molecule has 1 aliphatic heterocycles. The maximum Gasteiger partial charge on any atom is 0.253 e. The fourth-order valence-corrected chi connectivity index (χ4v) is 3.56. The van der Waals surface area contributed by atoms with E-state index in [0.717, 1.165) is 42.2 Å². The second-order valence-electron chi connectivity index (χ2n) is 7.82. The van der Waals surface area contributed by atoms with E-state index in [4.69, 9.17) is 0 Å². The van der Waals surface area contributed by atoms with Gasteiger partial charge in [0, 0.05) is 58.4 Å². The molecule has 1 fully saturated rings. The lowest BCUT2D eigenvalue weighted by atomic mass is 10.1. The summed E-state index contributed by atoms with van der Waals surface area (Å²) in [6.07, 6.45) is 2.36. The van der Waals surface area contributed by atoms with Gasteiger partial charge in [-0.05, 0) is 48.2 Å². The summed E-state index contributed by atoms with van der Waals surface area (Å²) in [6.45, 7) is 2.15. The minimum absolute atomic E-state index is 0. The second-order valence-corrected chi connectivity index (χ2v) is 7.82. The van der Waals surface area contributed by atoms with Crippen LogP contribution in [0, 0.1) is 0 Å². The molecule has 0 bridgehead atoms. The van der Waals surface area contributed by atoms with Gasteiger partial charge in [0.2, 0.25) is 5.91 Å². The zero-order valence-electron chi connectivity index (χ0n) is 18.9. The van der Waals surface area contributed by atoms with E-state index in [1.54, 1.807) is 26.0 Å². The van der Waals surface area contributed by atoms with Crippen LogP contribution in [0.2, 0.25) is 0 Å². The number of hydrogen-bond donors (Lipinski definition) is 2. The highest BCUT2D eigenvalue weighted by Crippen LogP contribution is 2.21. The number of nitrogens with one attached hydrogen (secondary N) is 2. The van der Waals surface area contributed by atoms with Crippen LogP contribution >= 0.6 is 24.0 Å². The number of benzene rings is 2. The Kier molecular flexibility index (Phi) is 9.96. The number of aliphatic imine (C=N–C) groups is 1. The van der Waals surface area contributed by atoms with Gasteiger partial charge in [-0.25, -0.2) is 0 Å². The zero-order chi connectivity index (χ0) is 22.2. The maximum absolute atomic E-state index is 12.1. The van der Waals surface area contributed by atoms with Crippen LogP contribution in [-0.4, -0.2) is 56.9 Å². The lowest BCUT2D eigenvalue weighted by molar-refractivity contribution is -0.117. The van der Waals surface area contributed by atoms with Crippen molar-refractivity contribution >= 4 is 47.4 Å². The van der Waals surface area contributed by atoms with Gasteiger partial charge >= 0.3 is 0 Å². The van der Waals surface area contributed by atoms with Gasteiger partial charge in [-0.1, -0.05) is 24.3 Å². The number of hydrogen-bond acceptors (Lipinski definition) is 3. The molecule has 7 nitrogen and oxygen atoms in total. The van der Waals surface area contributed by atoms with E-state index >= 15 is 0 Å². The van der Waals surface area contributed by atoms with Gasteiger partial charge < -0.3 is 20.4 Å². The van der Waals surface area contributed by atoms with E-state index in [9.17, 15) is 9.59 Å². The van der Waals surface area contributed by atoms with Crippen LogP contribution in [0.3, 0.4) is 0 Å². The largest absolute Gasteiger partial charge is 0.356 e. The molecule has 32 heavy (non-hydrogen) atoms. The fraction of sp³-hybridized carbons (Fsp3) is 0.375. The lowest BCUT2D eigenvalue weighted by Gasteiger charge is -2.16. The molecule has 1 saturated heterocycles.